The Bertz CT molecular complexity index is 839. The number of amides is 1. The van der Waals surface area contributed by atoms with E-state index in [2.05, 4.69) is 10.1 Å². The minimum Gasteiger partial charge on any atom is -0.351 e. The highest BCUT2D eigenvalue weighted by Gasteiger charge is 2.26. The highest BCUT2D eigenvalue weighted by Crippen LogP contribution is 2.30. The highest BCUT2D eigenvalue weighted by molar-refractivity contribution is 6.56. The van der Waals surface area contributed by atoms with Crippen molar-refractivity contribution < 1.29 is 4.79 Å². The van der Waals surface area contributed by atoms with Crippen molar-refractivity contribution in [2.75, 3.05) is 13.1 Å². The Balaban J connectivity index is 1.70. The maximum Gasteiger partial charge on any atom is 0.262 e. The number of piperidine rings is 1. The molecule has 0 spiro atoms. The minimum absolute atomic E-state index is 0.0837. The molecular formula is C17H24BN5O2. The molecule has 7 nitrogen and oxygen atoms in total. The van der Waals surface area contributed by atoms with Crippen molar-refractivity contribution in [2.24, 2.45) is 0 Å². The van der Waals surface area contributed by atoms with Gasteiger partial charge < -0.3 is 9.88 Å². The van der Waals surface area contributed by atoms with Crippen molar-refractivity contribution in [1.29, 1.82) is 0 Å². The molecule has 1 saturated heterocycles. The lowest BCUT2D eigenvalue weighted by molar-refractivity contribution is 0.201. The lowest BCUT2D eigenvalue weighted by Crippen LogP contribution is -2.39. The van der Waals surface area contributed by atoms with E-state index < -0.39 is 0 Å². The first-order valence-electron chi connectivity index (χ1n) is 9.36. The second-order valence-electron chi connectivity index (χ2n) is 7.37. The van der Waals surface area contributed by atoms with Gasteiger partial charge in [0, 0.05) is 19.0 Å². The Kier molecular flexibility index (Phi) is 4.35. The fourth-order valence-electron chi connectivity index (χ4n) is 4.23. The molecule has 1 amide bonds. The number of likely N-dealkylation sites (tertiary alicyclic amines) is 1. The van der Waals surface area contributed by atoms with E-state index in [-0.39, 0.29) is 17.3 Å². The van der Waals surface area contributed by atoms with Crippen LogP contribution >= 0.6 is 0 Å². The summed E-state index contributed by atoms with van der Waals surface area (Å²) in [4.78, 5) is 33.8. The van der Waals surface area contributed by atoms with Crippen molar-refractivity contribution in [1.82, 2.24) is 24.6 Å². The van der Waals surface area contributed by atoms with Crippen LogP contribution in [0.15, 0.2) is 11.0 Å². The van der Waals surface area contributed by atoms with Crippen molar-refractivity contribution in [3.8, 4) is 0 Å². The van der Waals surface area contributed by atoms with Gasteiger partial charge in [-0.3, -0.25) is 9.59 Å². The minimum atomic E-state index is -0.123. The van der Waals surface area contributed by atoms with E-state index in [1.807, 2.05) is 9.58 Å². The molecular weight excluding hydrogens is 317 g/mol. The van der Waals surface area contributed by atoms with E-state index in [1.54, 1.807) is 14.0 Å². The lowest BCUT2D eigenvalue weighted by atomic mass is 9.94. The summed E-state index contributed by atoms with van der Waals surface area (Å²) in [5.41, 5.74) is 0.576. The quantitative estimate of drug-likeness (QED) is 0.840. The molecule has 1 aliphatic carbocycles. The first-order valence-corrected chi connectivity index (χ1v) is 9.36. The smallest absolute Gasteiger partial charge is 0.262 e. The summed E-state index contributed by atoms with van der Waals surface area (Å²) < 4.78 is 1.96. The Morgan fingerprint density at radius 3 is 2.76 bits per heavy atom. The Labute approximate surface area is 147 Å². The monoisotopic (exact) mass is 341 g/mol. The van der Waals surface area contributed by atoms with Crippen molar-refractivity contribution >= 4 is 24.7 Å². The van der Waals surface area contributed by atoms with Crippen LogP contribution in [0.25, 0.3) is 11.0 Å². The molecule has 1 saturated carbocycles. The summed E-state index contributed by atoms with van der Waals surface area (Å²) in [5.74, 6) is 0.867. The SMILES string of the molecule is BC(=O)N1CCCC(c2nc3c(cnn3C3CCCCC3)c(=O)[nH]2)C1. The van der Waals surface area contributed by atoms with Gasteiger partial charge in [0.25, 0.3) is 5.56 Å². The van der Waals surface area contributed by atoms with E-state index in [9.17, 15) is 9.59 Å². The highest BCUT2D eigenvalue weighted by atomic mass is 16.1. The van der Waals surface area contributed by atoms with Crippen LogP contribution in [0.3, 0.4) is 0 Å². The van der Waals surface area contributed by atoms with Gasteiger partial charge in [0.05, 0.1) is 12.2 Å². The molecule has 132 valence electrons. The summed E-state index contributed by atoms with van der Waals surface area (Å²) in [6.07, 6.45) is 9.41. The molecule has 1 unspecified atom stereocenters. The molecule has 8 heteroatoms. The first-order chi connectivity index (χ1) is 12.1. The van der Waals surface area contributed by atoms with Crippen LogP contribution in [-0.4, -0.2) is 51.4 Å². The average molecular weight is 341 g/mol. The molecule has 4 rings (SSSR count). The predicted octanol–water partition coefficient (Wildman–Crippen LogP) is 1.56. The van der Waals surface area contributed by atoms with Gasteiger partial charge in [0.15, 0.2) is 11.5 Å². The molecule has 2 fully saturated rings. The molecule has 0 bridgehead atoms. The first kappa shape index (κ1) is 16.4. The van der Waals surface area contributed by atoms with Gasteiger partial charge in [-0.05, 0) is 25.7 Å². The van der Waals surface area contributed by atoms with Gasteiger partial charge in [-0.1, -0.05) is 19.3 Å². The summed E-state index contributed by atoms with van der Waals surface area (Å²) >= 11 is 0. The van der Waals surface area contributed by atoms with Crippen LogP contribution in [0.5, 0.6) is 0 Å². The van der Waals surface area contributed by atoms with E-state index in [0.717, 1.165) is 32.2 Å². The van der Waals surface area contributed by atoms with Crippen LogP contribution in [0, 0.1) is 0 Å². The zero-order valence-electron chi connectivity index (χ0n) is 14.7. The molecule has 2 aromatic heterocycles. The number of hydrogen-bond acceptors (Lipinski definition) is 4. The molecule has 2 aliphatic rings. The van der Waals surface area contributed by atoms with Gasteiger partial charge in [-0.15, -0.1) is 0 Å². The van der Waals surface area contributed by atoms with E-state index in [4.69, 9.17) is 4.98 Å². The average Bonchev–Trinajstić information content (AvgIpc) is 3.07. The zero-order chi connectivity index (χ0) is 17.4. The Morgan fingerprint density at radius 2 is 2.00 bits per heavy atom. The number of nitrogens with one attached hydrogen (secondary N) is 1. The van der Waals surface area contributed by atoms with Crippen molar-refractivity contribution in [3.63, 3.8) is 0 Å². The zero-order valence-corrected chi connectivity index (χ0v) is 14.7. The van der Waals surface area contributed by atoms with Crippen LogP contribution in [0.1, 0.15) is 62.7 Å². The predicted molar refractivity (Wildman–Crippen MR) is 97.8 cm³/mol. The van der Waals surface area contributed by atoms with Gasteiger partial charge >= 0.3 is 0 Å². The molecule has 25 heavy (non-hydrogen) atoms. The van der Waals surface area contributed by atoms with Crippen LogP contribution in [-0.2, 0) is 0 Å². The second kappa shape index (κ2) is 6.65. The van der Waals surface area contributed by atoms with E-state index in [0.29, 0.717) is 29.4 Å². The maximum atomic E-state index is 12.5. The van der Waals surface area contributed by atoms with Gasteiger partial charge in [0.2, 0.25) is 7.85 Å². The number of fused-ring (bicyclic) bond motifs is 1. The van der Waals surface area contributed by atoms with Crippen LogP contribution in [0.2, 0.25) is 0 Å². The van der Waals surface area contributed by atoms with Crippen LogP contribution in [0.4, 0.5) is 4.79 Å². The fourth-order valence-corrected chi connectivity index (χ4v) is 4.23. The molecule has 1 aliphatic heterocycles. The molecule has 1 N–H and O–H groups in total. The summed E-state index contributed by atoms with van der Waals surface area (Å²) in [6.45, 7) is 1.42. The molecule has 2 aromatic rings. The largest absolute Gasteiger partial charge is 0.351 e. The standard InChI is InChI=1S/C17H24BN5O2/c18-17(25)22-8-4-5-11(10-22)14-20-15-13(16(24)21-14)9-19-23(15)12-6-2-1-3-7-12/h9,11-12H,1-8,10,18H2,(H,20,21,24). The van der Waals surface area contributed by atoms with E-state index >= 15 is 0 Å². The van der Waals surface area contributed by atoms with Crippen LogP contribution < -0.4 is 5.56 Å². The van der Waals surface area contributed by atoms with Crippen molar-refractivity contribution in [3.05, 3.63) is 22.4 Å². The number of carbonyl (C=O) groups excluding carboxylic acids is 1. The van der Waals surface area contributed by atoms with Gasteiger partial charge in [0.1, 0.15) is 11.2 Å². The number of aromatic amines is 1. The van der Waals surface area contributed by atoms with Crippen molar-refractivity contribution in [2.45, 2.75) is 56.9 Å². The van der Waals surface area contributed by atoms with Gasteiger partial charge in [-0.25, -0.2) is 9.67 Å². The number of aromatic nitrogens is 4. The molecule has 3 heterocycles. The third kappa shape index (κ3) is 3.09. The third-order valence-corrected chi connectivity index (χ3v) is 5.66. The molecule has 1 atom stereocenters. The number of carbonyl (C=O) groups is 1. The third-order valence-electron chi connectivity index (χ3n) is 5.66. The number of H-pyrrole nitrogens is 1. The summed E-state index contributed by atoms with van der Waals surface area (Å²) in [5, 5.41) is 5.04. The van der Waals surface area contributed by atoms with E-state index in [1.165, 1.54) is 19.3 Å². The Morgan fingerprint density at radius 1 is 1.20 bits per heavy atom. The summed E-state index contributed by atoms with van der Waals surface area (Å²) in [7, 11) is 1.60. The topological polar surface area (TPSA) is 83.9 Å². The number of hydrogen-bond donors (Lipinski definition) is 1. The maximum absolute atomic E-state index is 12.5. The summed E-state index contributed by atoms with van der Waals surface area (Å²) in [6, 6.07) is 0.341. The fraction of sp³-hybridized carbons (Fsp3) is 0.647. The second-order valence-corrected chi connectivity index (χ2v) is 7.37. The number of rotatable bonds is 2. The Hall–Kier alpha value is -2.12. The number of nitrogens with zero attached hydrogens (tertiary/aromatic N) is 4. The molecule has 0 aromatic carbocycles. The molecule has 0 radical (unpaired) electrons. The van der Waals surface area contributed by atoms with Gasteiger partial charge in [-0.2, -0.15) is 5.10 Å². The normalized spacial score (nSPS) is 22.4. The lowest BCUT2D eigenvalue weighted by Gasteiger charge is -2.31.